The molecule has 0 bridgehead atoms. The number of hydrogen-bond acceptors (Lipinski definition) is 4. The van der Waals surface area contributed by atoms with E-state index in [1.165, 1.54) is 5.56 Å². The second-order valence-corrected chi connectivity index (χ2v) is 12.6. The summed E-state index contributed by atoms with van der Waals surface area (Å²) in [5.41, 5.74) is 2.31. The maximum atomic E-state index is 14.2. The van der Waals surface area contributed by atoms with Crippen LogP contribution in [-0.4, -0.2) is 36.5 Å². The number of ether oxygens (including phenoxy) is 2. The molecule has 3 rings (SSSR count). The van der Waals surface area contributed by atoms with Crippen LogP contribution in [0.3, 0.4) is 0 Å². The van der Waals surface area contributed by atoms with Crippen LogP contribution in [0.15, 0.2) is 18.2 Å². The summed E-state index contributed by atoms with van der Waals surface area (Å²) in [4.78, 5) is 24.3. The Bertz CT molecular complexity index is 925. The fourth-order valence-electron chi connectivity index (χ4n) is 6.35. The summed E-state index contributed by atoms with van der Waals surface area (Å²) in [6.45, 7) is 4.21. The number of hydrogen-bond donors (Lipinski definition) is 0. The molecule has 1 aromatic carbocycles. The molecule has 2 fully saturated rings. The van der Waals surface area contributed by atoms with Crippen molar-refractivity contribution in [3.63, 3.8) is 0 Å². The normalized spacial score (nSPS) is 24.4. The minimum atomic E-state index is -1.52. The molecule has 0 radical (unpaired) electrons. The predicted molar refractivity (Wildman–Crippen MR) is 161 cm³/mol. The highest BCUT2D eigenvalue weighted by Gasteiger charge is 2.30. The summed E-state index contributed by atoms with van der Waals surface area (Å²) in [6, 6.07) is 6.35. The van der Waals surface area contributed by atoms with E-state index >= 15 is 0 Å². The molecular formula is C34H51ClF2O4. The average Bonchev–Trinajstić information content (AvgIpc) is 2.98. The largest absolute Gasteiger partial charge is 0.460 e. The zero-order chi connectivity index (χ0) is 29.6. The first-order valence-electron chi connectivity index (χ1n) is 16.3. The second kappa shape index (κ2) is 18.1. The third-order valence-electron chi connectivity index (χ3n) is 8.98. The Hall–Kier alpha value is -1.69. The molecule has 0 saturated heterocycles. The molecule has 2 aliphatic carbocycles. The van der Waals surface area contributed by atoms with Gasteiger partial charge in [-0.3, -0.25) is 0 Å². The third-order valence-corrected chi connectivity index (χ3v) is 9.31. The van der Waals surface area contributed by atoms with Gasteiger partial charge in [-0.2, -0.15) is 0 Å². The Labute approximate surface area is 251 Å². The van der Waals surface area contributed by atoms with Gasteiger partial charge in [-0.25, -0.2) is 18.4 Å². The number of carbonyl (C=O) groups excluding carboxylic acids is 2. The number of halogens is 3. The minimum Gasteiger partial charge on any atom is -0.460 e. The first kappa shape index (κ1) is 33.8. The van der Waals surface area contributed by atoms with E-state index in [4.69, 9.17) is 21.1 Å². The zero-order valence-electron chi connectivity index (χ0n) is 25.2. The van der Waals surface area contributed by atoms with Gasteiger partial charge in [-0.05, 0) is 106 Å². The van der Waals surface area contributed by atoms with E-state index < -0.39 is 24.3 Å². The van der Waals surface area contributed by atoms with Crippen LogP contribution >= 0.6 is 11.6 Å². The molecule has 0 N–H and O–H groups in total. The highest BCUT2D eigenvalue weighted by molar-refractivity contribution is 6.31. The quantitative estimate of drug-likeness (QED) is 0.141. The first-order valence-corrected chi connectivity index (χ1v) is 16.7. The molecule has 2 saturated carbocycles. The van der Waals surface area contributed by atoms with Crippen molar-refractivity contribution in [1.82, 2.24) is 0 Å². The molecule has 0 spiro atoms. The molecule has 41 heavy (non-hydrogen) atoms. The molecule has 1 aromatic rings. The van der Waals surface area contributed by atoms with Gasteiger partial charge < -0.3 is 9.47 Å². The maximum Gasteiger partial charge on any atom is 0.340 e. The van der Waals surface area contributed by atoms with Crippen LogP contribution in [0.2, 0.25) is 5.02 Å². The van der Waals surface area contributed by atoms with E-state index in [9.17, 15) is 18.4 Å². The molecule has 4 nitrogen and oxygen atoms in total. The molecule has 0 unspecified atom stereocenters. The summed E-state index contributed by atoms with van der Waals surface area (Å²) in [7, 11) is 0. The van der Waals surface area contributed by atoms with Crippen LogP contribution in [0.4, 0.5) is 8.78 Å². The van der Waals surface area contributed by atoms with E-state index in [0.717, 1.165) is 113 Å². The van der Waals surface area contributed by atoms with Gasteiger partial charge in [0.1, 0.15) is 12.2 Å². The van der Waals surface area contributed by atoms with Crippen molar-refractivity contribution in [3.05, 3.63) is 34.3 Å². The summed E-state index contributed by atoms with van der Waals surface area (Å²) in [5, 5.41) is 0.760. The fraction of sp³-hybridized carbons (Fsp3) is 0.765. The molecule has 2 atom stereocenters. The number of benzene rings is 1. The van der Waals surface area contributed by atoms with Crippen LogP contribution in [0.25, 0.3) is 0 Å². The standard InChI is InChI=1S/C34H51ClF2O4/c1-3-5-7-9-11-31(36)33(38)40-27-18-13-24(14-19-27)26-17-22-29(30(35)23-26)25-15-20-28(21-16-25)41-34(39)32(37)12-10-8-6-4-2/h17,22-25,27-28,31-32H,3-16,18-21H2,1-2H3/t24-,25-,27-,28-,31-,32-/m0/s1. The van der Waals surface area contributed by atoms with Crippen LogP contribution < -0.4 is 0 Å². The van der Waals surface area contributed by atoms with Gasteiger partial charge in [-0.1, -0.05) is 76.1 Å². The topological polar surface area (TPSA) is 52.6 Å². The Morgan fingerprint density at radius 2 is 1.20 bits per heavy atom. The summed E-state index contributed by atoms with van der Waals surface area (Å²) in [6.07, 6.45) is 11.1. The van der Waals surface area contributed by atoms with E-state index in [0.29, 0.717) is 11.8 Å². The van der Waals surface area contributed by atoms with E-state index in [2.05, 4.69) is 32.0 Å². The monoisotopic (exact) mass is 596 g/mol. The van der Waals surface area contributed by atoms with Gasteiger partial charge in [0.25, 0.3) is 0 Å². The van der Waals surface area contributed by atoms with Gasteiger partial charge in [0.05, 0.1) is 0 Å². The van der Waals surface area contributed by atoms with Gasteiger partial charge in [0, 0.05) is 5.02 Å². The fourth-order valence-corrected chi connectivity index (χ4v) is 6.69. The molecule has 7 heteroatoms. The van der Waals surface area contributed by atoms with Crippen LogP contribution in [-0.2, 0) is 19.1 Å². The number of carbonyl (C=O) groups is 2. The molecule has 0 aliphatic heterocycles. The Kier molecular flexibility index (Phi) is 14.9. The van der Waals surface area contributed by atoms with E-state index in [-0.39, 0.29) is 25.0 Å². The Balaban J connectivity index is 1.39. The lowest BCUT2D eigenvalue weighted by molar-refractivity contribution is -0.157. The minimum absolute atomic E-state index is 0.208. The highest BCUT2D eigenvalue weighted by atomic mass is 35.5. The second-order valence-electron chi connectivity index (χ2n) is 12.2. The maximum absolute atomic E-state index is 14.2. The number of unbranched alkanes of at least 4 members (excludes halogenated alkanes) is 6. The lowest BCUT2D eigenvalue weighted by Gasteiger charge is -2.31. The Morgan fingerprint density at radius 1 is 0.732 bits per heavy atom. The molecule has 0 heterocycles. The number of alkyl halides is 2. The lowest BCUT2D eigenvalue weighted by Crippen LogP contribution is -2.28. The van der Waals surface area contributed by atoms with Crippen LogP contribution in [0.1, 0.15) is 152 Å². The van der Waals surface area contributed by atoms with E-state index in [1.54, 1.807) is 0 Å². The van der Waals surface area contributed by atoms with E-state index in [1.807, 2.05) is 0 Å². The van der Waals surface area contributed by atoms with Crippen molar-refractivity contribution in [1.29, 1.82) is 0 Å². The smallest absolute Gasteiger partial charge is 0.340 e. The SMILES string of the molecule is CCCCCC[C@H](F)C(=O)O[C@H]1CC[C@H](c2ccc([C@H]3CC[C@H](OC(=O)[C@@H](F)CCCCCC)CC3)c(Cl)c2)CC1. The average molecular weight is 597 g/mol. The molecule has 0 amide bonds. The zero-order valence-corrected chi connectivity index (χ0v) is 25.9. The molecule has 2 aliphatic rings. The summed E-state index contributed by atoms with van der Waals surface area (Å²) >= 11 is 6.76. The molecular weight excluding hydrogens is 546 g/mol. The molecule has 232 valence electrons. The van der Waals surface area contributed by atoms with Crippen molar-refractivity contribution in [2.24, 2.45) is 0 Å². The highest BCUT2D eigenvalue weighted by Crippen LogP contribution is 2.41. The summed E-state index contributed by atoms with van der Waals surface area (Å²) in [5.74, 6) is -0.762. The Morgan fingerprint density at radius 3 is 1.63 bits per heavy atom. The summed E-state index contributed by atoms with van der Waals surface area (Å²) < 4.78 is 39.4. The lowest BCUT2D eigenvalue weighted by atomic mass is 9.80. The van der Waals surface area contributed by atoms with Crippen LogP contribution in [0, 0.1) is 0 Å². The van der Waals surface area contributed by atoms with Gasteiger partial charge >= 0.3 is 11.9 Å². The first-order chi connectivity index (χ1) is 19.8. The van der Waals surface area contributed by atoms with Crippen molar-refractivity contribution < 1.29 is 27.8 Å². The van der Waals surface area contributed by atoms with Crippen LogP contribution in [0.5, 0.6) is 0 Å². The molecule has 0 aromatic heterocycles. The van der Waals surface area contributed by atoms with Gasteiger partial charge in [0.2, 0.25) is 0 Å². The van der Waals surface area contributed by atoms with Gasteiger partial charge in [0.15, 0.2) is 12.3 Å². The van der Waals surface area contributed by atoms with Crippen molar-refractivity contribution >= 4 is 23.5 Å². The van der Waals surface area contributed by atoms with Gasteiger partial charge in [-0.15, -0.1) is 0 Å². The van der Waals surface area contributed by atoms with Crippen molar-refractivity contribution in [2.45, 2.75) is 166 Å². The van der Waals surface area contributed by atoms with Crippen molar-refractivity contribution in [2.75, 3.05) is 0 Å². The predicted octanol–water partition coefficient (Wildman–Crippen LogP) is 10.1. The number of rotatable bonds is 16. The third kappa shape index (κ3) is 11.1. The number of esters is 2. The van der Waals surface area contributed by atoms with Crippen molar-refractivity contribution in [3.8, 4) is 0 Å².